The van der Waals surface area contributed by atoms with Gasteiger partial charge in [0.25, 0.3) is 0 Å². The van der Waals surface area contributed by atoms with Gasteiger partial charge in [-0.15, -0.1) is 0 Å². The van der Waals surface area contributed by atoms with E-state index >= 15 is 0 Å². The van der Waals surface area contributed by atoms with Gasteiger partial charge in [0.05, 0.1) is 34.1 Å². The van der Waals surface area contributed by atoms with E-state index in [0.717, 1.165) is 28.8 Å². The van der Waals surface area contributed by atoms with Gasteiger partial charge in [-0.25, -0.2) is 4.98 Å². The summed E-state index contributed by atoms with van der Waals surface area (Å²) in [6.07, 6.45) is 1.25. The highest BCUT2D eigenvalue weighted by molar-refractivity contribution is 6.32. The molecule has 1 aromatic heterocycles. The number of hydrogen-bond donors (Lipinski definition) is 2. The van der Waals surface area contributed by atoms with Gasteiger partial charge >= 0.3 is 0 Å². The van der Waals surface area contributed by atoms with Crippen molar-refractivity contribution in [3.05, 3.63) is 58.9 Å². The van der Waals surface area contributed by atoms with Crippen molar-refractivity contribution in [1.29, 1.82) is 0 Å². The van der Waals surface area contributed by atoms with E-state index in [1.165, 1.54) is 0 Å². The van der Waals surface area contributed by atoms with E-state index in [1.807, 2.05) is 50.2 Å². The van der Waals surface area contributed by atoms with E-state index in [2.05, 4.69) is 15.3 Å². The van der Waals surface area contributed by atoms with Crippen molar-refractivity contribution in [3.8, 4) is 5.75 Å². The van der Waals surface area contributed by atoms with E-state index < -0.39 is 5.41 Å². The molecule has 1 atom stereocenters. The highest BCUT2D eigenvalue weighted by Crippen LogP contribution is 2.38. The Kier molecular flexibility index (Phi) is 4.56. The number of carbonyl (C=O) groups is 1. The molecule has 27 heavy (non-hydrogen) atoms. The lowest BCUT2D eigenvalue weighted by molar-refractivity contribution is -0.130. The molecule has 1 amide bonds. The van der Waals surface area contributed by atoms with Crippen LogP contribution < -0.4 is 10.1 Å². The summed E-state index contributed by atoms with van der Waals surface area (Å²) in [6, 6.07) is 13.4. The van der Waals surface area contributed by atoms with Crippen molar-refractivity contribution < 1.29 is 9.53 Å². The molecule has 0 saturated carbocycles. The highest BCUT2D eigenvalue weighted by Gasteiger charge is 2.33. The Labute approximate surface area is 163 Å². The molecular weight excluding hydrogens is 362 g/mol. The summed E-state index contributed by atoms with van der Waals surface area (Å²) in [5.74, 6) is 1.47. The molecule has 2 heterocycles. The number of carbonyl (C=O) groups excluding carboxylic acids is 1. The molecule has 140 valence electrons. The van der Waals surface area contributed by atoms with E-state index in [0.29, 0.717) is 23.8 Å². The first-order valence-electron chi connectivity index (χ1n) is 9.10. The van der Waals surface area contributed by atoms with Crippen LogP contribution in [0.25, 0.3) is 11.0 Å². The van der Waals surface area contributed by atoms with E-state index in [-0.39, 0.29) is 11.9 Å². The summed E-state index contributed by atoms with van der Waals surface area (Å²) in [4.78, 5) is 20.9. The van der Waals surface area contributed by atoms with Crippen LogP contribution >= 0.6 is 11.6 Å². The third-order valence-electron chi connectivity index (χ3n) is 4.99. The molecule has 0 spiro atoms. The maximum Gasteiger partial charge on any atom is 0.226 e. The number of hydrogen-bond acceptors (Lipinski definition) is 3. The van der Waals surface area contributed by atoms with Crippen LogP contribution in [0.15, 0.2) is 42.5 Å². The maximum atomic E-state index is 13.0. The van der Waals surface area contributed by atoms with E-state index in [1.54, 1.807) is 6.07 Å². The first-order chi connectivity index (χ1) is 12.9. The quantitative estimate of drug-likeness (QED) is 0.700. The Morgan fingerprint density at radius 2 is 2.11 bits per heavy atom. The molecule has 0 fully saturated rings. The monoisotopic (exact) mass is 383 g/mol. The largest absolute Gasteiger partial charge is 0.492 e. The first-order valence-corrected chi connectivity index (χ1v) is 9.48. The van der Waals surface area contributed by atoms with Crippen LogP contribution in [0.4, 0.5) is 0 Å². The molecule has 1 unspecified atom stereocenters. The molecule has 1 aliphatic rings. The minimum atomic E-state index is -0.606. The predicted molar refractivity (Wildman–Crippen MR) is 106 cm³/mol. The lowest BCUT2D eigenvalue weighted by Crippen LogP contribution is -2.41. The molecule has 5 nitrogen and oxygen atoms in total. The summed E-state index contributed by atoms with van der Waals surface area (Å²) < 4.78 is 5.68. The molecular formula is C21H22ClN3O2. The zero-order valence-electron chi connectivity index (χ0n) is 15.4. The smallest absolute Gasteiger partial charge is 0.226 e. The number of aromatic amines is 1. The van der Waals surface area contributed by atoms with Crippen molar-refractivity contribution in [1.82, 2.24) is 15.3 Å². The number of halogens is 1. The van der Waals surface area contributed by atoms with Crippen LogP contribution in [-0.2, 0) is 11.2 Å². The van der Waals surface area contributed by atoms with E-state index in [9.17, 15) is 4.79 Å². The summed E-state index contributed by atoms with van der Waals surface area (Å²) in [7, 11) is 0. The minimum Gasteiger partial charge on any atom is -0.492 e. The van der Waals surface area contributed by atoms with Gasteiger partial charge in [0.15, 0.2) is 0 Å². The highest BCUT2D eigenvalue weighted by atomic mass is 35.5. The number of amides is 1. The zero-order chi connectivity index (χ0) is 19.0. The molecule has 1 aliphatic heterocycles. The van der Waals surface area contributed by atoms with Crippen LogP contribution in [0.5, 0.6) is 5.75 Å². The number of nitrogens with one attached hydrogen (secondary N) is 2. The number of imidazole rings is 1. The topological polar surface area (TPSA) is 67.0 Å². The second-order valence-electron chi connectivity index (χ2n) is 7.58. The lowest BCUT2D eigenvalue weighted by Gasteiger charge is -2.31. The molecule has 6 heteroatoms. The number of fused-ring (bicyclic) bond motifs is 2. The lowest BCUT2D eigenvalue weighted by atomic mass is 9.87. The van der Waals surface area contributed by atoms with Crippen molar-refractivity contribution in [2.45, 2.75) is 32.7 Å². The van der Waals surface area contributed by atoms with Crippen molar-refractivity contribution in [2.24, 2.45) is 5.41 Å². The van der Waals surface area contributed by atoms with Gasteiger partial charge in [0.1, 0.15) is 11.6 Å². The molecule has 2 N–H and O–H groups in total. The SMILES string of the molecule is CC(C)(Cc1nc2ccccc2[nH]1)C(=O)NC1CCOc2c(Cl)cccc21. The van der Waals surface area contributed by atoms with Gasteiger partial charge < -0.3 is 15.0 Å². The number of para-hydroxylation sites is 3. The Bertz CT molecular complexity index is 963. The fraction of sp³-hybridized carbons (Fsp3) is 0.333. The molecule has 2 aromatic carbocycles. The van der Waals surface area contributed by atoms with Crippen molar-refractivity contribution in [2.75, 3.05) is 6.61 Å². The van der Waals surface area contributed by atoms with Crippen LogP contribution in [0.2, 0.25) is 5.02 Å². The van der Waals surface area contributed by atoms with Crippen molar-refractivity contribution >= 4 is 28.5 Å². The van der Waals surface area contributed by atoms with Gasteiger partial charge in [0, 0.05) is 18.4 Å². The van der Waals surface area contributed by atoms with Gasteiger partial charge in [0.2, 0.25) is 5.91 Å². The Morgan fingerprint density at radius 3 is 2.93 bits per heavy atom. The molecule has 3 aromatic rings. The number of rotatable bonds is 4. The zero-order valence-corrected chi connectivity index (χ0v) is 16.1. The fourth-order valence-electron chi connectivity index (χ4n) is 3.48. The standard InChI is InChI=1S/C21H22ClN3O2/c1-21(2,12-18-23-16-8-3-4-9-17(16)24-18)20(26)25-15-10-11-27-19-13(15)6-5-7-14(19)22/h3-9,15H,10-12H2,1-2H3,(H,23,24)(H,25,26). The molecule has 0 radical (unpaired) electrons. The minimum absolute atomic E-state index is 0.0132. The Morgan fingerprint density at radius 1 is 1.30 bits per heavy atom. The molecule has 4 rings (SSSR count). The maximum absolute atomic E-state index is 13.0. The fourth-order valence-corrected chi connectivity index (χ4v) is 3.71. The number of benzene rings is 2. The molecule has 0 saturated heterocycles. The van der Waals surface area contributed by atoms with Crippen LogP contribution in [0, 0.1) is 5.41 Å². The third kappa shape index (κ3) is 3.52. The Balaban J connectivity index is 1.51. The van der Waals surface area contributed by atoms with Crippen molar-refractivity contribution in [3.63, 3.8) is 0 Å². The number of aromatic nitrogens is 2. The Hall–Kier alpha value is -2.53. The predicted octanol–water partition coefficient (Wildman–Crippen LogP) is 4.43. The second-order valence-corrected chi connectivity index (χ2v) is 7.99. The normalized spacial score (nSPS) is 16.6. The number of nitrogens with zero attached hydrogens (tertiary/aromatic N) is 1. The molecule has 0 bridgehead atoms. The average Bonchev–Trinajstić information content (AvgIpc) is 3.04. The number of H-pyrrole nitrogens is 1. The summed E-state index contributed by atoms with van der Waals surface area (Å²) in [5, 5.41) is 3.75. The van der Waals surface area contributed by atoms with Crippen LogP contribution in [-0.4, -0.2) is 22.5 Å². The van der Waals surface area contributed by atoms with Gasteiger partial charge in [-0.05, 0) is 18.2 Å². The average molecular weight is 384 g/mol. The summed E-state index contributed by atoms with van der Waals surface area (Å²) in [5.41, 5.74) is 2.22. The summed E-state index contributed by atoms with van der Waals surface area (Å²) in [6.45, 7) is 4.41. The summed E-state index contributed by atoms with van der Waals surface area (Å²) >= 11 is 6.23. The van der Waals surface area contributed by atoms with Crippen LogP contribution in [0.1, 0.15) is 37.7 Å². The third-order valence-corrected chi connectivity index (χ3v) is 5.29. The van der Waals surface area contributed by atoms with Crippen LogP contribution in [0.3, 0.4) is 0 Å². The number of ether oxygens (including phenoxy) is 1. The van der Waals surface area contributed by atoms with Gasteiger partial charge in [-0.2, -0.15) is 0 Å². The second kappa shape index (κ2) is 6.89. The molecule has 0 aliphatic carbocycles. The van der Waals surface area contributed by atoms with Gasteiger partial charge in [-0.1, -0.05) is 49.7 Å². The van der Waals surface area contributed by atoms with Gasteiger partial charge in [-0.3, -0.25) is 4.79 Å². The van der Waals surface area contributed by atoms with E-state index in [4.69, 9.17) is 16.3 Å². The first kappa shape index (κ1) is 17.9.